The van der Waals surface area contributed by atoms with Crippen LogP contribution in [0.25, 0.3) is 0 Å². The lowest BCUT2D eigenvalue weighted by Gasteiger charge is -1.96. The molecule has 2 aromatic heterocycles. The average Bonchev–Trinajstić information content (AvgIpc) is 2.72. The molecular weight excluding hydrogens is 196 g/mol. The molecule has 2 rings (SSSR count). The lowest BCUT2D eigenvalue weighted by Crippen LogP contribution is -1.93. The Morgan fingerprint density at radius 2 is 2.14 bits per heavy atom. The highest BCUT2D eigenvalue weighted by Crippen LogP contribution is 2.07. The predicted octanol–water partition coefficient (Wildman–Crippen LogP) is 1.50. The van der Waals surface area contributed by atoms with E-state index in [4.69, 9.17) is 0 Å². The van der Waals surface area contributed by atoms with Gasteiger partial charge in [-0.3, -0.25) is 0 Å². The molecule has 2 aromatic rings. The molecule has 0 unspecified atom stereocenters. The first-order chi connectivity index (χ1) is 6.95. The quantitative estimate of drug-likeness (QED) is 0.760. The van der Waals surface area contributed by atoms with Crippen LogP contribution in [0.5, 0.6) is 0 Å². The molecule has 0 saturated heterocycles. The van der Waals surface area contributed by atoms with Crippen molar-refractivity contribution in [1.29, 1.82) is 0 Å². The van der Waals surface area contributed by atoms with Crippen LogP contribution in [0, 0.1) is 0 Å². The third-order valence-electron chi connectivity index (χ3n) is 1.86. The summed E-state index contributed by atoms with van der Waals surface area (Å²) in [6.07, 6.45) is 4.66. The van der Waals surface area contributed by atoms with Gasteiger partial charge in [-0.25, -0.2) is 0 Å². The van der Waals surface area contributed by atoms with Crippen molar-refractivity contribution in [3.63, 3.8) is 0 Å². The Hall–Kier alpha value is -1.36. The highest BCUT2D eigenvalue weighted by atomic mass is 32.1. The summed E-state index contributed by atoms with van der Waals surface area (Å²) in [4.78, 5) is 0. The second-order valence-corrected chi connectivity index (χ2v) is 3.82. The second-order valence-electron chi connectivity index (χ2n) is 2.90. The minimum absolute atomic E-state index is 0.952. The van der Waals surface area contributed by atoms with Crippen LogP contribution in [0.4, 0.5) is 0 Å². The van der Waals surface area contributed by atoms with Crippen molar-refractivity contribution >= 4 is 11.3 Å². The summed E-state index contributed by atoms with van der Waals surface area (Å²) >= 11 is 1.60. The van der Waals surface area contributed by atoms with Gasteiger partial charge >= 0.3 is 0 Å². The summed E-state index contributed by atoms with van der Waals surface area (Å²) in [6, 6.07) is 3.90. The molecule has 0 atom stereocenters. The standard InChI is InChI=1S/C9H10N4S/c1(5-9-13-11-7-14-9)3-8-4-2-6-10-12-8/h2,4,6-7H,1,3,5H2. The summed E-state index contributed by atoms with van der Waals surface area (Å²) in [7, 11) is 0. The van der Waals surface area contributed by atoms with E-state index in [1.54, 1.807) is 23.0 Å². The zero-order valence-electron chi connectivity index (χ0n) is 7.63. The summed E-state index contributed by atoms with van der Waals surface area (Å²) in [6.45, 7) is 0. The van der Waals surface area contributed by atoms with Crippen molar-refractivity contribution < 1.29 is 0 Å². The molecule has 0 aliphatic carbocycles. The maximum atomic E-state index is 4.01. The van der Waals surface area contributed by atoms with Crippen molar-refractivity contribution in [2.45, 2.75) is 19.3 Å². The fourth-order valence-corrected chi connectivity index (χ4v) is 1.76. The Balaban J connectivity index is 1.79. The van der Waals surface area contributed by atoms with E-state index in [1.807, 2.05) is 12.1 Å². The van der Waals surface area contributed by atoms with Gasteiger partial charge in [0.1, 0.15) is 10.5 Å². The summed E-state index contributed by atoms with van der Waals surface area (Å²) in [5.74, 6) is 0. The van der Waals surface area contributed by atoms with Crippen LogP contribution in [-0.4, -0.2) is 20.4 Å². The van der Waals surface area contributed by atoms with Gasteiger partial charge in [0, 0.05) is 12.6 Å². The van der Waals surface area contributed by atoms with E-state index in [0.717, 1.165) is 30.0 Å². The van der Waals surface area contributed by atoms with Gasteiger partial charge in [0.25, 0.3) is 0 Å². The minimum Gasteiger partial charge on any atom is -0.159 e. The fourth-order valence-electron chi connectivity index (χ4n) is 1.19. The Morgan fingerprint density at radius 3 is 2.86 bits per heavy atom. The summed E-state index contributed by atoms with van der Waals surface area (Å²) < 4.78 is 0. The van der Waals surface area contributed by atoms with Gasteiger partial charge in [-0.05, 0) is 25.0 Å². The van der Waals surface area contributed by atoms with E-state index < -0.39 is 0 Å². The molecule has 0 spiro atoms. The van der Waals surface area contributed by atoms with Gasteiger partial charge in [0.05, 0.1) is 5.69 Å². The first kappa shape index (κ1) is 9.21. The number of nitrogens with zero attached hydrogens (tertiary/aromatic N) is 4. The normalized spacial score (nSPS) is 10.3. The summed E-state index contributed by atoms with van der Waals surface area (Å²) in [5, 5.41) is 16.7. The minimum atomic E-state index is 0.952. The van der Waals surface area contributed by atoms with Crippen molar-refractivity contribution in [3.8, 4) is 0 Å². The molecular formula is C9H10N4S. The topological polar surface area (TPSA) is 51.6 Å². The van der Waals surface area contributed by atoms with Crippen molar-refractivity contribution in [1.82, 2.24) is 20.4 Å². The van der Waals surface area contributed by atoms with Gasteiger partial charge in [0.15, 0.2) is 0 Å². The van der Waals surface area contributed by atoms with E-state index in [1.165, 1.54) is 0 Å². The van der Waals surface area contributed by atoms with Crippen LogP contribution >= 0.6 is 11.3 Å². The number of aromatic nitrogens is 4. The van der Waals surface area contributed by atoms with Crippen molar-refractivity contribution in [2.24, 2.45) is 0 Å². The van der Waals surface area contributed by atoms with E-state index >= 15 is 0 Å². The molecule has 0 amide bonds. The predicted molar refractivity (Wildman–Crippen MR) is 54.0 cm³/mol. The third-order valence-corrected chi connectivity index (χ3v) is 2.61. The number of rotatable bonds is 4. The van der Waals surface area contributed by atoms with Crippen molar-refractivity contribution in [3.05, 3.63) is 34.5 Å². The van der Waals surface area contributed by atoms with Crippen LogP contribution in [0.1, 0.15) is 17.1 Å². The molecule has 0 aliphatic heterocycles. The molecule has 0 aliphatic rings. The molecule has 2 heterocycles. The van der Waals surface area contributed by atoms with Crippen LogP contribution < -0.4 is 0 Å². The van der Waals surface area contributed by atoms with Crippen LogP contribution in [0.3, 0.4) is 0 Å². The van der Waals surface area contributed by atoms with E-state index in [9.17, 15) is 0 Å². The van der Waals surface area contributed by atoms with Gasteiger partial charge in [0.2, 0.25) is 0 Å². The van der Waals surface area contributed by atoms with Gasteiger partial charge < -0.3 is 0 Å². The number of hydrogen-bond acceptors (Lipinski definition) is 5. The Labute approximate surface area is 86.0 Å². The largest absolute Gasteiger partial charge is 0.159 e. The van der Waals surface area contributed by atoms with Gasteiger partial charge in [-0.2, -0.15) is 10.2 Å². The molecule has 72 valence electrons. The number of aryl methyl sites for hydroxylation is 2. The van der Waals surface area contributed by atoms with Crippen LogP contribution in [0.15, 0.2) is 23.8 Å². The first-order valence-corrected chi connectivity index (χ1v) is 5.35. The zero-order valence-corrected chi connectivity index (χ0v) is 8.44. The Kier molecular flexibility index (Phi) is 3.13. The van der Waals surface area contributed by atoms with Crippen LogP contribution in [0.2, 0.25) is 0 Å². The SMILES string of the molecule is c1cnnc(CCCc2nncs2)c1. The van der Waals surface area contributed by atoms with Gasteiger partial charge in [-0.15, -0.1) is 21.5 Å². The lowest BCUT2D eigenvalue weighted by atomic mass is 10.2. The van der Waals surface area contributed by atoms with E-state index in [2.05, 4.69) is 20.4 Å². The molecule has 14 heavy (non-hydrogen) atoms. The van der Waals surface area contributed by atoms with E-state index in [0.29, 0.717) is 0 Å². The second kappa shape index (κ2) is 4.76. The Bertz CT molecular complexity index is 360. The van der Waals surface area contributed by atoms with Crippen LogP contribution in [-0.2, 0) is 12.8 Å². The van der Waals surface area contributed by atoms with Crippen molar-refractivity contribution in [2.75, 3.05) is 0 Å². The average molecular weight is 206 g/mol. The Morgan fingerprint density at radius 1 is 1.14 bits per heavy atom. The molecule has 0 aromatic carbocycles. The molecule has 0 N–H and O–H groups in total. The molecule has 4 nitrogen and oxygen atoms in total. The molecule has 5 heteroatoms. The molecule has 0 fully saturated rings. The maximum absolute atomic E-state index is 4.01. The molecule has 0 saturated carbocycles. The number of hydrogen-bond donors (Lipinski definition) is 0. The summed E-state index contributed by atoms with van der Waals surface area (Å²) in [5.41, 5.74) is 2.80. The fraction of sp³-hybridized carbons (Fsp3) is 0.333. The highest BCUT2D eigenvalue weighted by Gasteiger charge is 1.98. The zero-order chi connectivity index (χ0) is 9.64. The highest BCUT2D eigenvalue weighted by molar-refractivity contribution is 7.09. The molecule has 0 bridgehead atoms. The third kappa shape index (κ3) is 2.56. The smallest absolute Gasteiger partial charge is 0.117 e. The molecule has 0 radical (unpaired) electrons. The van der Waals surface area contributed by atoms with E-state index in [-0.39, 0.29) is 0 Å². The lowest BCUT2D eigenvalue weighted by molar-refractivity contribution is 0.766. The monoisotopic (exact) mass is 206 g/mol. The first-order valence-electron chi connectivity index (χ1n) is 4.47. The van der Waals surface area contributed by atoms with Gasteiger partial charge in [-0.1, -0.05) is 0 Å². The maximum Gasteiger partial charge on any atom is 0.117 e.